The third-order valence-electron chi connectivity index (χ3n) is 5.26. The van der Waals surface area contributed by atoms with Crippen molar-refractivity contribution in [2.24, 2.45) is 0 Å². The number of piperazine rings is 1. The fourth-order valence-electron chi connectivity index (χ4n) is 3.31. The Hall–Kier alpha value is -2.38. The van der Waals surface area contributed by atoms with Crippen molar-refractivity contribution in [1.29, 1.82) is 0 Å². The molecule has 0 unspecified atom stereocenters. The summed E-state index contributed by atoms with van der Waals surface area (Å²) in [6.07, 6.45) is 2.67. The number of rotatable bonds is 8. The molecular weight excluding hydrogens is 454 g/mol. The summed E-state index contributed by atoms with van der Waals surface area (Å²) in [7, 11) is -6.16. The summed E-state index contributed by atoms with van der Waals surface area (Å²) in [5.74, 6) is -0.550. The van der Waals surface area contributed by atoms with Crippen LogP contribution in [0.15, 0.2) is 58.6 Å². The van der Waals surface area contributed by atoms with E-state index in [2.05, 4.69) is 15.2 Å². The van der Waals surface area contributed by atoms with Gasteiger partial charge in [-0.2, -0.15) is 8.61 Å². The summed E-state index contributed by atoms with van der Waals surface area (Å²) >= 11 is 0. The summed E-state index contributed by atoms with van der Waals surface area (Å²) in [5, 5.41) is 2.59. The highest BCUT2D eigenvalue weighted by Crippen LogP contribution is 2.20. The van der Waals surface area contributed by atoms with Gasteiger partial charge in [-0.1, -0.05) is 6.92 Å². The third-order valence-corrected chi connectivity index (χ3v) is 8.96. The molecule has 2 heterocycles. The van der Waals surface area contributed by atoms with Crippen LogP contribution in [0.25, 0.3) is 0 Å². The van der Waals surface area contributed by atoms with Crippen LogP contribution in [-0.2, 0) is 24.8 Å². The number of anilines is 1. The molecule has 1 aromatic heterocycles. The highest BCUT2D eigenvalue weighted by molar-refractivity contribution is 7.89. The van der Waals surface area contributed by atoms with Crippen LogP contribution in [0.5, 0.6) is 0 Å². The zero-order chi connectivity index (χ0) is 23.4. The van der Waals surface area contributed by atoms with Crippen molar-refractivity contribution in [2.45, 2.75) is 16.7 Å². The number of carbonyl (C=O) groups is 1. The molecule has 10 nitrogen and oxygen atoms in total. The highest BCUT2D eigenvalue weighted by atomic mass is 32.2. The fourth-order valence-corrected chi connectivity index (χ4v) is 5.83. The van der Waals surface area contributed by atoms with Gasteiger partial charge in [0.25, 0.3) is 0 Å². The molecule has 0 saturated carbocycles. The largest absolute Gasteiger partial charge is 0.325 e. The van der Waals surface area contributed by atoms with E-state index in [1.807, 2.05) is 6.92 Å². The summed E-state index contributed by atoms with van der Waals surface area (Å²) in [6.45, 7) is 4.79. The van der Waals surface area contributed by atoms with E-state index in [-0.39, 0.29) is 9.79 Å². The lowest BCUT2D eigenvalue weighted by Gasteiger charge is -2.33. The third kappa shape index (κ3) is 5.51. The van der Waals surface area contributed by atoms with Crippen LogP contribution in [-0.4, -0.2) is 87.6 Å². The molecule has 3 rings (SSSR count). The van der Waals surface area contributed by atoms with Crippen LogP contribution in [0.1, 0.15) is 6.92 Å². The van der Waals surface area contributed by atoms with Crippen molar-refractivity contribution in [3.05, 3.63) is 48.8 Å². The average Bonchev–Trinajstić information content (AvgIpc) is 2.80. The van der Waals surface area contributed by atoms with Crippen LogP contribution in [0.2, 0.25) is 0 Å². The molecule has 0 aliphatic carbocycles. The molecule has 1 aliphatic heterocycles. The van der Waals surface area contributed by atoms with Gasteiger partial charge in [0, 0.05) is 51.3 Å². The van der Waals surface area contributed by atoms with Gasteiger partial charge in [0.2, 0.25) is 26.0 Å². The van der Waals surface area contributed by atoms with Gasteiger partial charge in [0.1, 0.15) is 4.90 Å². The van der Waals surface area contributed by atoms with Crippen LogP contribution in [0.3, 0.4) is 0 Å². The van der Waals surface area contributed by atoms with Gasteiger partial charge >= 0.3 is 0 Å². The van der Waals surface area contributed by atoms with Gasteiger partial charge in [-0.3, -0.25) is 9.78 Å². The van der Waals surface area contributed by atoms with Gasteiger partial charge in [-0.25, -0.2) is 16.8 Å². The SMILES string of the molecule is CCN1CCN(S(=O)(=O)c2ccc(NC(=O)CN(C)S(=O)(=O)c3cccnc3)cc2)CC1. The smallest absolute Gasteiger partial charge is 0.244 e. The molecule has 1 amide bonds. The summed E-state index contributed by atoms with van der Waals surface area (Å²) < 4.78 is 53.1. The molecular formula is C20H27N5O5S2. The number of nitrogens with zero attached hydrogens (tertiary/aromatic N) is 4. The Bertz CT molecular complexity index is 1130. The molecule has 0 radical (unpaired) electrons. The first-order chi connectivity index (χ1) is 15.1. The molecule has 1 aromatic carbocycles. The number of likely N-dealkylation sites (N-methyl/N-ethyl adjacent to an activating group) is 2. The van der Waals surface area contributed by atoms with E-state index in [1.165, 1.54) is 60.1 Å². The van der Waals surface area contributed by atoms with Gasteiger partial charge < -0.3 is 10.2 Å². The molecule has 12 heteroatoms. The van der Waals surface area contributed by atoms with E-state index in [9.17, 15) is 21.6 Å². The van der Waals surface area contributed by atoms with Crippen molar-refractivity contribution in [2.75, 3.05) is 51.6 Å². The Morgan fingerprint density at radius 1 is 1.03 bits per heavy atom. The lowest BCUT2D eigenvalue weighted by molar-refractivity contribution is -0.116. The molecule has 174 valence electrons. The van der Waals surface area contributed by atoms with E-state index in [4.69, 9.17) is 0 Å². The molecule has 1 fully saturated rings. The maximum atomic E-state index is 12.8. The molecule has 1 aliphatic rings. The number of sulfonamides is 2. The maximum absolute atomic E-state index is 12.8. The molecule has 1 N–H and O–H groups in total. The topological polar surface area (TPSA) is 120 Å². The predicted octanol–water partition coefficient (Wildman–Crippen LogP) is 0.667. The second kappa shape index (κ2) is 10.0. The number of hydrogen-bond acceptors (Lipinski definition) is 7. The Kier molecular flexibility index (Phi) is 7.62. The minimum Gasteiger partial charge on any atom is -0.325 e. The summed E-state index contributed by atoms with van der Waals surface area (Å²) in [4.78, 5) is 18.4. The molecule has 0 bridgehead atoms. The predicted molar refractivity (Wildman–Crippen MR) is 120 cm³/mol. The van der Waals surface area contributed by atoms with Crippen molar-refractivity contribution in [1.82, 2.24) is 18.5 Å². The number of pyridine rings is 1. The lowest BCUT2D eigenvalue weighted by atomic mass is 10.3. The minimum atomic E-state index is -3.85. The first-order valence-electron chi connectivity index (χ1n) is 10.1. The number of carbonyl (C=O) groups excluding carboxylic acids is 1. The summed E-state index contributed by atoms with van der Waals surface area (Å²) in [5.41, 5.74) is 0.372. The first-order valence-corrected chi connectivity index (χ1v) is 13.0. The van der Waals surface area contributed by atoms with Gasteiger partial charge in [0.05, 0.1) is 11.4 Å². The number of aromatic nitrogens is 1. The molecule has 2 aromatic rings. The number of hydrogen-bond donors (Lipinski definition) is 1. The van der Waals surface area contributed by atoms with Crippen LogP contribution < -0.4 is 5.32 Å². The first kappa shape index (κ1) is 24.3. The van der Waals surface area contributed by atoms with Crippen LogP contribution in [0.4, 0.5) is 5.69 Å². The van der Waals surface area contributed by atoms with Crippen molar-refractivity contribution < 1.29 is 21.6 Å². The zero-order valence-electron chi connectivity index (χ0n) is 18.0. The van der Waals surface area contributed by atoms with Gasteiger partial charge in [-0.15, -0.1) is 0 Å². The fraction of sp³-hybridized carbons (Fsp3) is 0.400. The van der Waals surface area contributed by atoms with E-state index >= 15 is 0 Å². The molecule has 0 spiro atoms. The Balaban J connectivity index is 1.61. The standard InChI is InChI=1S/C20H27N5O5S2/c1-3-24-11-13-25(14-12-24)32(29,30)18-8-6-17(7-9-18)22-20(26)16-23(2)31(27,28)19-5-4-10-21-15-19/h4-10,15H,3,11-14,16H2,1-2H3,(H,22,26). The summed E-state index contributed by atoms with van der Waals surface area (Å²) in [6, 6.07) is 8.75. The average molecular weight is 482 g/mol. The highest BCUT2D eigenvalue weighted by Gasteiger charge is 2.28. The second-order valence-electron chi connectivity index (χ2n) is 7.36. The van der Waals surface area contributed by atoms with Crippen LogP contribution in [0, 0.1) is 0 Å². The van der Waals surface area contributed by atoms with Crippen LogP contribution >= 0.6 is 0 Å². The van der Waals surface area contributed by atoms with Crippen molar-refractivity contribution in [3.8, 4) is 0 Å². The molecule has 32 heavy (non-hydrogen) atoms. The minimum absolute atomic E-state index is 0.00960. The van der Waals surface area contributed by atoms with Gasteiger partial charge in [-0.05, 0) is 42.9 Å². The van der Waals surface area contributed by atoms with Crippen molar-refractivity contribution >= 4 is 31.6 Å². The molecule has 1 saturated heterocycles. The Morgan fingerprint density at radius 3 is 2.25 bits per heavy atom. The quantitative estimate of drug-likeness (QED) is 0.588. The van der Waals surface area contributed by atoms with Gasteiger partial charge in [0.15, 0.2) is 0 Å². The Labute approximate surface area is 188 Å². The monoisotopic (exact) mass is 481 g/mol. The Morgan fingerprint density at radius 2 is 1.69 bits per heavy atom. The molecule has 0 atom stereocenters. The second-order valence-corrected chi connectivity index (χ2v) is 11.3. The van der Waals surface area contributed by atoms with E-state index in [0.29, 0.717) is 31.9 Å². The number of benzene rings is 1. The lowest BCUT2D eigenvalue weighted by Crippen LogP contribution is -2.48. The normalized spacial score (nSPS) is 16.2. The zero-order valence-corrected chi connectivity index (χ0v) is 19.6. The number of amides is 1. The maximum Gasteiger partial charge on any atom is 0.244 e. The number of nitrogens with one attached hydrogen (secondary N) is 1. The van der Waals surface area contributed by atoms with Crippen molar-refractivity contribution in [3.63, 3.8) is 0 Å². The van der Waals surface area contributed by atoms with E-state index in [1.54, 1.807) is 0 Å². The van der Waals surface area contributed by atoms with E-state index < -0.39 is 32.5 Å². The van der Waals surface area contributed by atoms with E-state index in [0.717, 1.165) is 10.8 Å².